The van der Waals surface area contributed by atoms with E-state index in [0.29, 0.717) is 36.4 Å². The van der Waals surface area contributed by atoms with E-state index in [2.05, 4.69) is 18.8 Å². The second kappa shape index (κ2) is 11.2. The van der Waals surface area contributed by atoms with Crippen LogP contribution in [0.3, 0.4) is 0 Å². The number of fused-ring (bicyclic) bond motifs is 1. The zero-order valence-electron chi connectivity index (χ0n) is 18.3. The molecule has 2 heterocycles. The third-order valence-corrected chi connectivity index (χ3v) is 7.14. The van der Waals surface area contributed by atoms with Crippen molar-refractivity contribution >= 4 is 45.1 Å². The highest BCUT2D eigenvalue weighted by atomic mass is 32.2. The second-order valence-electron chi connectivity index (χ2n) is 8.09. The van der Waals surface area contributed by atoms with E-state index in [0.717, 1.165) is 29.7 Å². The zero-order valence-corrected chi connectivity index (χ0v) is 19.9. The molecule has 2 amide bonds. The number of benzene rings is 1. The number of piperidine rings is 1. The van der Waals surface area contributed by atoms with E-state index in [1.54, 1.807) is 6.07 Å². The van der Waals surface area contributed by atoms with Gasteiger partial charge >= 0.3 is 0 Å². The van der Waals surface area contributed by atoms with Crippen LogP contribution in [0.2, 0.25) is 0 Å². The number of likely N-dealkylation sites (tertiary alicyclic amines) is 1. The molecule has 0 saturated carbocycles. The SMILES string of the molecule is CCOCCn1c(=NC(=O)CSCC(=O)N2CC(C)CC(C)C2)sc2cc(F)ccc21. The highest BCUT2D eigenvalue weighted by Gasteiger charge is 2.25. The van der Waals surface area contributed by atoms with E-state index in [9.17, 15) is 14.0 Å². The van der Waals surface area contributed by atoms with Crippen LogP contribution in [0.5, 0.6) is 0 Å². The van der Waals surface area contributed by atoms with E-state index in [4.69, 9.17) is 4.74 Å². The van der Waals surface area contributed by atoms with Crippen molar-refractivity contribution in [3.05, 3.63) is 28.8 Å². The van der Waals surface area contributed by atoms with Gasteiger partial charge in [-0.1, -0.05) is 25.2 Å². The van der Waals surface area contributed by atoms with Crippen LogP contribution in [-0.4, -0.2) is 59.1 Å². The van der Waals surface area contributed by atoms with Crippen molar-refractivity contribution in [2.24, 2.45) is 16.8 Å². The Morgan fingerprint density at radius 2 is 2.00 bits per heavy atom. The molecule has 0 bridgehead atoms. The summed E-state index contributed by atoms with van der Waals surface area (Å²) in [7, 11) is 0. The van der Waals surface area contributed by atoms with Crippen LogP contribution >= 0.6 is 23.1 Å². The minimum Gasteiger partial charge on any atom is -0.380 e. The molecule has 2 atom stereocenters. The van der Waals surface area contributed by atoms with Gasteiger partial charge in [-0.15, -0.1) is 11.8 Å². The summed E-state index contributed by atoms with van der Waals surface area (Å²) in [5, 5.41) is 0. The third-order valence-electron chi connectivity index (χ3n) is 5.20. The Kier molecular flexibility index (Phi) is 8.68. The fourth-order valence-corrected chi connectivity index (χ4v) is 5.77. The number of nitrogens with zero attached hydrogens (tertiary/aromatic N) is 3. The number of rotatable bonds is 8. The summed E-state index contributed by atoms with van der Waals surface area (Å²) >= 11 is 2.58. The molecule has 31 heavy (non-hydrogen) atoms. The van der Waals surface area contributed by atoms with Crippen LogP contribution in [0.15, 0.2) is 23.2 Å². The van der Waals surface area contributed by atoms with Crippen LogP contribution < -0.4 is 4.80 Å². The summed E-state index contributed by atoms with van der Waals surface area (Å²) in [6, 6.07) is 4.56. The molecule has 0 N–H and O–H groups in total. The Hall–Kier alpha value is -1.71. The Morgan fingerprint density at radius 1 is 1.26 bits per heavy atom. The number of carbonyl (C=O) groups excluding carboxylic acids is 2. The number of thioether (sulfide) groups is 1. The maximum Gasteiger partial charge on any atom is 0.258 e. The van der Waals surface area contributed by atoms with Gasteiger partial charge in [0, 0.05) is 26.2 Å². The summed E-state index contributed by atoms with van der Waals surface area (Å²) in [6.45, 7) is 9.46. The average molecular weight is 468 g/mol. The van der Waals surface area contributed by atoms with E-state index in [1.165, 1.54) is 35.2 Å². The largest absolute Gasteiger partial charge is 0.380 e. The molecule has 3 rings (SSSR count). The van der Waals surface area contributed by atoms with Crippen molar-refractivity contribution in [2.75, 3.05) is 37.8 Å². The number of thiazole rings is 1. The standard InChI is InChI=1S/C22H30FN3O3S2/c1-4-29-8-7-26-18-6-5-17(23)10-19(18)31-22(26)24-20(27)13-30-14-21(28)25-11-15(2)9-16(3)12-25/h5-6,10,15-16H,4,7-9,11-14H2,1-3H3. The van der Waals surface area contributed by atoms with Crippen molar-refractivity contribution in [3.63, 3.8) is 0 Å². The molecule has 0 radical (unpaired) electrons. The van der Waals surface area contributed by atoms with Crippen LogP contribution in [0.4, 0.5) is 4.39 Å². The van der Waals surface area contributed by atoms with Crippen molar-refractivity contribution < 1.29 is 18.7 Å². The van der Waals surface area contributed by atoms with Crippen LogP contribution in [0.1, 0.15) is 27.2 Å². The normalized spacial score (nSPS) is 19.9. The first-order valence-electron chi connectivity index (χ1n) is 10.7. The molecule has 6 nitrogen and oxygen atoms in total. The first-order chi connectivity index (χ1) is 14.9. The van der Waals surface area contributed by atoms with Crippen LogP contribution in [0.25, 0.3) is 10.2 Å². The summed E-state index contributed by atoms with van der Waals surface area (Å²) in [4.78, 5) is 31.7. The predicted molar refractivity (Wildman–Crippen MR) is 124 cm³/mol. The number of hydrogen-bond acceptors (Lipinski definition) is 5. The molecule has 9 heteroatoms. The fourth-order valence-electron chi connectivity index (χ4n) is 3.97. The molecule has 2 unspecified atom stereocenters. The smallest absolute Gasteiger partial charge is 0.258 e. The zero-order chi connectivity index (χ0) is 22.4. The lowest BCUT2D eigenvalue weighted by molar-refractivity contribution is -0.130. The Morgan fingerprint density at radius 3 is 2.71 bits per heavy atom. The number of hydrogen-bond donors (Lipinski definition) is 0. The topological polar surface area (TPSA) is 63.9 Å². The number of carbonyl (C=O) groups is 2. The average Bonchev–Trinajstić information content (AvgIpc) is 3.03. The van der Waals surface area contributed by atoms with E-state index in [-0.39, 0.29) is 29.1 Å². The molecule has 1 aliphatic rings. The summed E-state index contributed by atoms with van der Waals surface area (Å²) < 4.78 is 21.7. The van der Waals surface area contributed by atoms with Gasteiger partial charge in [0.05, 0.1) is 28.3 Å². The summed E-state index contributed by atoms with van der Waals surface area (Å²) in [6.07, 6.45) is 1.15. The highest BCUT2D eigenvalue weighted by molar-refractivity contribution is 8.00. The molecule has 1 aliphatic heterocycles. The van der Waals surface area contributed by atoms with Gasteiger partial charge in [0.2, 0.25) is 5.91 Å². The summed E-state index contributed by atoms with van der Waals surface area (Å²) in [5.74, 6) is 0.912. The Labute approximate surface area is 190 Å². The lowest BCUT2D eigenvalue weighted by atomic mass is 9.92. The van der Waals surface area contributed by atoms with E-state index in [1.807, 2.05) is 16.4 Å². The van der Waals surface area contributed by atoms with E-state index >= 15 is 0 Å². The lowest BCUT2D eigenvalue weighted by Crippen LogP contribution is -2.43. The van der Waals surface area contributed by atoms with Crippen LogP contribution in [0, 0.1) is 17.7 Å². The van der Waals surface area contributed by atoms with Gasteiger partial charge in [0.15, 0.2) is 4.80 Å². The van der Waals surface area contributed by atoms with Gasteiger partial charge in [0.25, 0.3) is 5.91 Å². The number of halogens is 1. The van der Waals surface area contributed by atoms with Gasteiger partial charge < -0.3 is 14.2 Å². The molecule has 0 aliphatic carbocycles. The van der Waals surface area contributed by atoms with Crippen molar-refractivity contribution in [2.45, 2.75) is 33.7 Å². The molecule has 1 saturated heterocycles. The minimum atomic E-state index is -0.320. The first kappa shape index (κ1) is 23.9. The minimum absolute atomic E-state index is 0.0836. The monoisotopic (exact) mass is 467 g/mol. The van der Waals surface area contributed by atoms with E-state index < -0.39 is 0 Å². The molecule has 1 fully saturated rings. The molecule has 0 spiro atoms. The predicted octanol–water partition coefficient (Wildman–Crippen LogP) is 3.54. The van der Waals surface area contributed by atoms with Crippen molar-refractivity contribution in [3.8, 4) is 0 Å². The molecule has 1 aromatic carbocycles. The quantitative estimate of drug-likeness (QED) is 0.557. The molecule has 2 aromatic rings. The fraction of sp³-hybridized carbons (Fsp3) is 0.591. The van der Waals surface area contributed by atoms with Gasteiger partial charge in [-0.05, 0) is 43.4 Å². The Balaban J connectivity index is 1.64. The number of amides is 2. The Bertz CT molecular complexity index is 978. The summed E-state index contributed by atoms with van der Waals surface area (Å²) in [5.41, 5.74) is 0.828. The van der Waals surface area contributed by atoms with Gasteiger partial charge in [0.1, 0.15) is 5.82 Å². The maximum atomic E-state index is 13.6. The first-order valence-corrected chi connectivity index (χ1v) is 12.6. The van der Waals surface area contributed by atoms with Gasteiger partial charge in [-0.3, -0.25) is 9.59 Å². The van der Waals surface area contributed by atoms with Gasteiger partial charge in [-0.25, -0.2) is 4.39 Å². The molecule has 1 aromatic heterocycles. The number of ether oxygens (including phenoxy) is 1. The van der Waals surface area contributed by atoms with Crippen molar-refractivity contribution in [1.82, 2.24) is 9.47 Å². The second-order valence-corrected chi connectivity index (χ2v) is 10.1. The molecular weight excluding hydrogens is 437 g/mol. The van der Waals surface area contributed by atoms with Crippen molar-refractivity contribution in [1.29, 1.82) is 0 Å². The highest BCUT2D eigenvalue weighted by Crippen LogP contribution is 2.22. The number of aromatic nitrogens is 1. The van der Waals surface area contributed by atoms with Crippen LogP contribution in [-0.2, 0) is 20.9 Å². The molecule has 170 valence electrons. The third kappa shape index (κ3) is 6.63. The lowest BCUT2D eigenvalue weighted by Gasteiger charge is -2.35. The maximum absolute atomic E-state index is 13.6. The molecular formula is C22H30FN3O3S2. The van der Waals surface area contributed by atoms with Gasteiger partial charge in [-0.2, -0.15) is 4.99 Å².